The molecule has 0 aromatic carbocycles. The number of rotatable bonds is 3. The average Bonchev–Trinajstić information content (AvgIpc) is 2.95. The first-order chi connectivity index (χ1) is 7.74. The van der Waals surface area contributed by atoms with Crippen molar-refractivity contribution in [3.63, 3.8) is 0 Å². The molecule has 1 aromatic heterocycles. The zero-order chi connectivity index (χ0) is 11.5. The number of hydrogen-bond acceptors (Lipinski definition) is 3. The van der Waals surface area contributed by atoms with E-state index in [4.69, 9.17) is 4.74 Å². The van der Waals surface area contributed by atoms with Gasteiger partial charge >= 0.3 is 5.97 Å². The predicted molar refractivity (Wildman–Crippen MR) is 59.5 cm³/mol. The third-order valence-electron chi connectivity index (χ3n) is 3.25. The van der Waals surface area contributed by atoms with Gasteiger partial charge in [-0.05, 0) is 25.3 Å². The van der Waals surface area contributed by atoms with Gasteiger partial charge in [-0.25, -0.2) is 4.79 Å². The second-order valence-corrected chi connectivity index (χ2v) is 4.16. The molecule has 4 heteroatoms. The highest BCUT2D eigenvalue weighted by molar-refractivity contribution is 5.89. The SMILES string of the molecule is COC(=O)c1ccn(C2CCC(OC)C2)c1. The largest absolute Gasteiger partial charge is 0.465 e. The van der Waals surface area contributed by atoms with E-state index in [1.165, 1.54) is 7.11 Å². The maximum absolute atomic E-state index is 11.3. The molecular weight excluding hydrogens is 206 g/mol. The van der Waals surface area contributed by atoms with Gasteiger partial charge in [-0.1, -0.05) is 0 Å². The van der Waals surface area contributed by atoms with Crippen molar-refractivity contribution in [1.29, 1.82) is 0 Å². The maximum Gasteiger partial charge on any atom is 0.339 e. The van der Waals surface area contributed by atoms with E-state index in [9.17, 15) is 4.79 Å². The molecule has 1 aromatic rings. The standard InChI is InChI=1S/C12H17NO3/c1-15-11-4-3-10(7-11)13-6-5-9(8-13)12(14)16-2/h5-6,8,10-11H,3-4,7H2,1-2H3. The lowest BCUT2D eigenvalue weighted by Crippen LogP contribution is -2.07. The van der Waals surface area contributed by atoms with Crippen molar-refractivity contribution >= 4 is 5.97 Å². The van der Waals surface area contributed by atoms with Crippen molar-refractivity contribution in [3.8, 4) is 0 Å². The molecule has 0 aliphatic heterocycles. The number of carbonyl (C=O) groups is 1. The number of nitrogens with zero attached hydrogens (tertiary/aromatic N) is 1. The zero-order valence-corrected chi connectivity index (χ0v) is 9.68. The second kappa shape index (κ2) is 4.70. The minimum Gasteiger partial charge on any atom is -0.465 e. The summed E-state index contributed by atoms with van der Waals surface area (Å²) in [6, 6.07) is 2.25. The van der Waals surface area contributed by atoms with Crippen molar-refractivity contribution in [1.82, 2.24) is 4.57 Å². The van der Waals surface area contributed by atoms with Crippen LogP contribution in [0.2, 0.25) is 0 Å². The molecule has 0 saturated heterocycles. The molecule has 0 radical (unpaired) electrons. The molecule has 1 fully saturated rings. The smallest absolute Gasteiger partial charge is 0.339 e. The third-order valence-corrected chi connectivity index (χ3v) is 3.25. The Bertz CT molecular complexity index is 372. The molecule has 2 atom stereocenters. The van der Waals surface area contributed by atoms with Crippen LogP contribution in [0.15, 0.2) is 18.5 Å². The quantitative estimate of drug-likeness (QED) is 0.736. The molecule has 1 aliphatic carbocycles. The summed E-state index contributed by atoms with van der Waals surface area (Å²) in [6.07, 6.45) is 7.37. The van der Waals surface area contributed by atoms with Crippen LogP contribution in [0.25, 0.3) is 0 Å². The van der Waals surface area contributed by atoms with Gasteiger partial charge < -0.3 is 14.0 Å². The van der Waals surface area contributed by atoms with Gasteiger partial charge in [0.15, 0.2) is 0 Å². The Morgan fingerprint density at radius 2 is 2.25 bits per heavy atom. The summed E-state index contributed by atoms with van der Waals surface area (Å²) in [5.74, 6) is -0.278. The number of methoxy groups -OCH3 is 2. The number of aromatic nitrogens is 1. The Morgan fingerprint density at radius 1 is 1.44 bits per heavy atom. The number of ether oxygens (including phenoxy) is 2. The summed E-state index contributed by atoms with van der Waals surface area (Å²) >= 11 is 0. The van der Waals surface area contributed by atoms with Crippen molar-refractivity contribution in [3.05, 3.63) is 24.0 Å². The highest BCUT2D eigenvalue weighted by Gasteiger charge is 2.25. The molecule has 1 saturated carbocycles. The Hall–Kier alpha value is -1.29. The normalized spacial score (nSPS) is 24.6. The highest BCUT2D eigenvalue weighted by Crippen LogP contribution is 2.31. The van der Waals surface area contributed by atoms with Crippen LogP contribution in [0.4, 0.5) is 0 Å². The lowest BCUT2D eigenvalue weighted by molar-refractivity contribution is 0.0600. The van der Waals surface area contributed by atoms with Crippen LogP contribution in [0.1, 0.15) is 35.7 Å². The molecule has 88 valence electrons. The summed E-state index contributed by atoms with van der Waals surface area (Å²) in [7, 11) is 3.15. The zero-order valence-electron chi connectivity index (χ0n) is 9.68. The van der Waals surface area contributed by atoms with Gasteiger partial charge in [-0.15, -0.1) is 0 Å². The average molecular weight is 223 g/mol. The van der Waals surface area contributed by atoms with E-state index in [0.29, 0.717) is 17.7 Å². The Labute approximate surface area is 95.2 Å². The van der Waals surface area contributed by atoms with Gasteiger partial charge in [0.05, 0.1) is 18.8 Å². The molecule has 0 bridgehead atoms. The van der Waals surface area contributed by atoms with E-state index in [2.05, 4.69) is 9.30 Å². The summed E-state index contributed by atoms with van der Waals surface area (Å²) < 4.78 is 12.1. The van der Waals surface area contributed by atoms with Crippen LogP contribution >= 0.6 is 0 Å². The molecule has 1 aliphatic rings. The van der Waals surface area contributed by atoms with Crippen LogP contribution in [0.5, 0.6) is 0 Å². The molecule has 0 amide bonds. The van der Waals surface area contributed by atoms with Crippen molar-refractivity contribution in [2.45, 2.75) is 31.4 Å². The number of esters is 1. The predicted octanol–water partition coefficient (Wildman–Crippen LogP) is 2.01. The lowest BCUT2D eigenvalue weighted by atomic mass is 10.2. The van der Waals surface area contributed by atoms with Crippen LogP contribution in [-0.2, 0) is 9.47 Å². The molecule has 1 heterocycles. The monoisotopic (exact) mass is 223 g/mol. The first-order valence-electron chi connectivity index (χ1n) is 5.53. The first-order valence-corrected chi connectivity index (χ1v) is 5.53. The van der Waals surface area contributed by atoms with Gasteiger partial charge in [-0.2, -0.15) is 0 Å². The van der Waals surface area contributed by atoms with Crippen LogP contribution in [-0.4, -0.2) is 30.9 Å². The highest BCUT2D eigenvalue weighted by atomic mass is 16.5. The number of carbonyl (C=O) groups excluding carboxylic acids is 1. The Morgan fingerprint density at radius 3 is 2.88 bits per heavy atom. The van der Waals surface area contributed by atoms with E-state index in [-0.39, 0.29) is 5.97 Å². The van der Waals surface area contributed by atoms with E-state index >= 15 is 0 Å². The maximum atomic E-state index is 11.3. The molecule has 0 spiro atoms. The molecular formula is C12H17NO3. The molecule has 2 rings (SSSR count). The fourth-order valence-corrected chi connectivity index (χ4v) is 2.28. The first kappa shape index (κ1) is 11.2. The number of hydrogen-bond donors (Lipinski definition) is 0. The van der Waals surface area contributed by atoms with Gasteiger partial charge in [0.25, 0.3) is 0 Å². The van der Waals surface area contributed by atoms with Crippen molar-refractivity contribution in [2.75, 3.05) is 14.2 Å². The fraction of sp³-hybridized carbons (Fsp3) is 0.583. The second-order valence-electron chi connectivity index (χ2n) is 4.16. The van der Waals surface area contributed by atoms with Crippen LogP contribution in [0, 0.1) is 0 Å². The summed E-state index contributed by atoms with van der Waals surface area (Å²) in [5.41, 5.74) is 0.614. The Kier molecular flexibility index (Phi) is 3.29. The summed E-state index contributed by atoms with van der Waals surface area (Å²) in [4.78, 5) is 11.3. The molecule has 4 nitrogen and oxygen atoms in total. The van der Waals surface area contributed by atoms with Gasteiger partial charge in [0, 0.05) is 25.5 Å². The molecule has 0 N–H and O–H groups in total. The van der Waals surface area contributed by atoms with E-state index in [1.54, 1.807) is 13.2 Å². The van der Waals surface area contributed by atoms with Gasteiger partial charge in [-0.3, -0.25) is 0 Å². The summed E-state index contributed by atoms with van der Waals surface area (Å²) in [5, 5.41) is 0. The van der Waals surface area contributed by atoms with Crippen molar-refractivity contribution < 1.29 is 14.3 Å². The molecule has 2 unspecified atom stereocenters. The van der Waals surface area contributed by atoms with E-state index in [1.807, 2.05) is 12.4 Å². The van der Waals surface area contributed by atoms with Crippen LogP contribution < -0.4 is 0 Å². The van der Waals surface area contributed by atoms with Crippen molar-refractivity contribution in [2.24, 2.45) is 0 Å². The topological polar surface area (TPSA) is 40.5 Å². The minimum atomic E-state index is -0.278. The molecule has 16 heavy (non-hydrogen) atoms. The summed E-state index contributed by atoms with van der Waals surface area (Å²) in [6.45, 7) is 0. The lowest BCUT2D eigenvalue weighted by Gasteiger charge is -2.12. The van der Waals surface area contributed by atoms with Gasteiger partial charge in [0.2, 0.25) is 0 Å². The van der Waals surface area contributed by atoms with Crippen LogP contribution in [0.3, 0.4) is 0 Å². The van der Waals surface area contributed by atoms with E-state index in [0.717, 1.165) is 19.3 Å². The minimum absolute atomic E-state index is 0.278. The van der Waals surface area contributed by atoms with E-state index < -0.39 is 0 Å². The third kappa shape index (κ3) is 2.11. The van der Waals surface area contributed by atoms with Gasteiger partial charge in [0.1, 0.15) is 0 Å². The Balaban J connectivity index is 2.05. The fourth-order valence-electron chi connectivity index (χ4n) is 2.28.